The van der Waals surface area contributed by atoms with Crippen LogP contribution < -0.4 is 14.9 Å². The third-order valence-electron chi connectivity index (χ3n) is 3.68. The first kappa shape index (κ1) is 24.2. The van der Waals surface area contributed by atoms with Crippen molar-refractivity contribution in [2.24, 2.45) is 5.10 Å². The number of amides is 1. The summed E-state index contributed by atoms with van der Waals surface area (Å²) in [4.78, 5) is 12.0. The van der Waals surface area contributed by atoms with Gasteiger partial charge in [0.1, 0.15) is 11.5 Å². The van der Waals surface area contributed by atoms with Gasteiger partial charge in [-0.1, -0.05) is 46.6 Å². The number of halogens is 3. The van der Waals surface area contributed by atoms with Crippen LogP contribution in [-0.2, 0) is 11.4 Å². The zero-order chi connectivity index (χ0) is 22.9. The Bertz CT molecular complexity index is 1110. The highest BCUT2D eigenvalue weighted by atomic mass is 35.5. The summed E-state index contributed by atoms with van der Waals surface area (Å²) in [5.74, 6) is 0.964. The van der Waals surface area contributed by atoms with Gasteiger partial charge in [-0.15, -0.1) is 10.2 Å². The molecular weight excluding hydrogens is 499 g/mol. The smallest absolute Gasteiger partial charge is 0.277 e. The normalized spacial score (nSPS) is 11.0. The molecule has 1 aromatic heterocycles. The highest BCUT2D eigenvalue weighted by Crippen LogP contribution is 2.28. The van der Waals surface area contributed by atoms with Crippen LogP contribution in [0.5, 0.6) is 11.5 Å². The number of nitrogens with zero attached hydrogens (tertiary/aromatic N) is 3. The van der Waals surface area contributed by atoms with Crippen LogP contribution >= 0.6 is 46.6 Å². The van der Waals surface area contributed by atoms with Crippen LogP contribution in [0.2, 0.25) is 15.1 Å². The van der Waals surface area contributed by atoms with Gasteiger partial charge in [0.05, 0.1) is 23.6 Å². The average molecular weight is 516 g/mol. The van der Waals surface area contributed by atoms with Crippen LogP contribution in [0.15, 0.2) is 51.1 Å². The van der Waals surface area contributed by atoms with E-state index in [1.54, 1.807) is 36.4 Å². The zero-order valence-electron chi connectivity index (χ0n) is 16.7. The van der Waals surface area contributed by atoms with Crippen molar-refractivity contribution in [3.8, 4) is 11.5 Å². The SMILES string of the molecule is CCOc1ccc(Cl)cc1/C=N\NC(=O)CSc1nnc(COc2ccc(Cl)cc2Cl)o1. The number of thioether (sulfide) groups is 1. The minimum atomic E-state index is -0.352. The van der Waals surface area contributed by atoms with Crippen LogP contribution in [-0.4, -0.2) is 34.7 Å². The van der Waals surface area contributed by atoms with Gasteiger partial charge in [0.25, 0.3) is 17.0 Å². The molecule has 1 amide bonds. The molecule has 32 heavy (non-hydrogen) atoms. The summed E-state index contributed by atoms with van der Waals surface area (Å²) in [6.07, 6.45) is 1.46. The third-order valence-corrected chi connectivity index (χ3v) is 5.27. The summed E-state index contributed by atoms with van der Waals surface area (Å²) in [5.41, 5.74) is 3.07. The first-order chi connectivity index (χ1) is 15.4. The standard InChI is InChI=1S/C20H17Cl3N4O4S/c1-2-29-16-5-3-13(21)7-12(16)9-24-25-18(28)11-32-20-27-26-19(31-20)10-30-17-6-4-14(22)8-15(17)23/h3-9H,2,10-11H2,1H3,(H,25,28)/b24-9-. The van der Waals surface area contributed by atoms with Gasteiger partial charge in [-0.25, -0.2) is 5.43 Å². The Morgan fingerprint density at radius 1 is 1.12 bits per heavy atom. The highest BCUT2D eigenvalue weighted by Gasteiger charge is 2.11. The van der Waals surface area contributed by atoms with E-state index in [-0.39, 0.29) is 29.4 Å². The van der Waals surface area contributed by atoms with E-state index in [1.165, 1.54) is 6.21 Å². The lowest BCUT2D eigenvalue weighted by molar-refractivity contribution is -0.118. The molecule has 0 spiro atoms. The molecule has 0 bridgehead atoms. The summed E-state index contributed by atoms with van der Waals surface area (Å²) in [5, 5.41) is 13.3. The first-order valence-electron chi connectivity index (χ1n) is 9.22. The Morgan fingerprint density at radius 2 is 1.88 bits per heavy atom. The Kier molecular flexibility index (Phi) is 9.04. The molecular formula is C20H17Cl3N4O4S. The van der Waals surface area contributed by atoms with E-state index in [2.05, 4.69) is 20.7 Å². The largest absolute Gasteiger partial charge is 0.493 e. The Morgan fingerprint density at radius 3 is 2.62 bits per heavy atom. The molecule has 0 fully saturated rings. The van der Waals surface area contributed by atoms with Crippen molar-refractivity contribution in [2.45, 2.75) is 18.8 Å². The second-order valence-electron chi connectivity index (χ2n) is 6.02. The topological polar surface area (TPSA) is 98.8 Å². The van der Waals surface area contributed by atoms with E-state index in [1.807, 2.05) is 6.92 Å². The van der Waals surface area contributed by atoms with Crippen LogP contribution in [0.25, 0.3) is 0 Å². The molecule has 0 aliphatic rings. The second-order valence-corrected chi connectivity index (χ2v) is 8.23. The predicted octanol–water partition coefficient (Wildman–Crippen LogP) is 5.25. The lowest BCUT2D eigenvalue weighted by Gasteiger charge is -2.06. The van der Waals surface area contributed by atoms with Gasteiger partial charge in [-0.2, -0.15) is 5.10 Å². The number of benzene rings is 2. The summed E-state index contributed by atoms with van der Waals surface area (Å²) in [6.45, 7) is 2.39. The van der Waals surface area contributed by atoms with Crippen LogP contribution in [0.3, 0.4) is 0 Å². The average Bonchev–Trinajstić information content (AvgIpc) is 3.21. The fourth-order valence-corrected chi connectivity index (χ4v) is 3.54. The van der Waals surface area contributed by atoms with E-state index in [9.17, 15) is 4.79 Å². The molecule has 1 N–H and O–H groups in total. The van der Waals surface area contributed by atoms with Crippen LogP contribution in [0.1, 0.15) is 18.4 Å². The molecule has 0 aliphatic heterocycles. The molecule has 0 unspecified atom stereocenters. The molecule has 1 heterocycles. The maximum atomic E-state index is 12.0. The number of aromatic nitrogens is 2. The van der Waals surface area contributed by atoms with E-state index in [0.29, 0.717) is 38.7 Å². The molecule has 8 nitrogen and oxygen atoms in total. The van der Waals surface area contributed by atoms with Gasteiger partial charge in [0.15, 0.2) is 6.61 Å². The molecule has 12 heteroatoms. The van der Waals surface area contributed by atoms with Crippen molar-refractivity contribution in [2.75, 3.05) is 12.4 Å². The molecule has 0 saturated carbocycles. The third kappa shape index (κ3) is 7.30. The quantitative estimate of drug-likeness (QED) is 0.224. The van der Waals surface area contributed by atoms with Crippen molar-refractivity contribution >= 4 is 58.7 Å². The molecule has 0 saturated heterocycles. The van der Waals surface area contributed by atoms with Crippen molar-refractivity contribution in [3.05, 3.63) is 62.9 Å². The van der Waals surface area contributed by atoms with Crippen molar-refractivity contribution < 1.29 is 18.7 Å². The Labute approximate surface area is 203 Å². The van der Waals surface area contributed by atoms with E-state index in [0.717, 1.165) is 11.8 Å². The highest BCUT2D eigenvalue weighted by molar-refractivity contribution is 7.99. The Hall–Kier alpha value is -2.46. The van der Waals surface area contributed by atoms with Crippen molar-refractivity contribution in [3.63, 3.8) is 0 Å². The number of nitrogens with one attached hydrogen (secondary N) is 1. The first-order valence-corrected chi connectivity index (χ1v) is 11.3. The van der Waals surface area contributed by atoms with Crippen LogP contribution in [0, 0.1) is 0 Å². The molecule has 3 aromatic rings. The molecule has 3 rings (SSSR count). The maximum Gasteiger partial charge on any atom is 0.277 e. The van der Waals surface area contributed by atoms with Gasteiger partial charge in [-0.05, 0) is 43.3 Å². The maximum absolute atomic E-state index is 12.0. The van der Waals surface area contributed by atoms with Gasteiger partial charge < -0.3 is 13.9 Å². The van der Waals surface area contributed by atoms with E-state index >= 15 is 0 Å². The van der Waals surface area contributed by atoms with E-state index in [4.69, 9.17) is 48.7 Å². The summed E-state index contributed by atoms with van der Waals surface area (Å²) in [7, 11) is 0. The summed E-state index contributed by atoms with van der Waals surface area (Å²) in [6, 6.07) is 10.0. The fourth-order valence-electron chi connectivity index (χ4n) is 2.33. The number of hydrogen-bond donors (Lipinski definition) is 1. The lowest BCUT2D eigenvalue weighted by Crippen LogP contribution is -2.19. The van der Waals surface area contributed by atoms with Crippen LogP contribution in [0.4, 0.5) is 0 Å². The number of carbonyl (C=O) groups excluding carboxylic acids is 1. The van der Waals surface area contributed by atoms with Gasteiger partial charge in [0, 0.05) is 15.6 Å². The monoisotopic (exact) mass is 514 g/mol. The lowest BCUT2D eigenvalue weighted by atomic mass is 10.2. The minimum absolute atomic E-state index is 0.0210. The fraction of sp³-hybridized carbons (Fsp3) is 0.200. The molecule has 0 atom stereocenters. The van der Waals surface area contributed by atoms with Crippen molar-refractivity contribution in [1.29, 1.82) is 0 Å². The summed E-state index contributed by atoms with van der Waals surface area (Å²) < 4.78 is 16.5. The molecule has 0 aliphatic carbocycles. The Balaban J connectivity index is 1.46. The zero-order valence-corrected chi connectivity index (χ0v) is 19.8. The number of hydrazone groups is 1. The van der Waals surface area contributed by atoms with E-state index < -0.39 is 0 Å². The number of hydrogen-bond acceptors (Lipinski definition) is 8. The van der Waals surface area contributed by atoms with Gasteiger partial charge in [0.2, 0.25) is 0 Å². The number of rotatable bonds is 10. The molecule has 168 valence electrons. The number of ether oxygens (including phenoxy) is 2. The molecule has 2 aromatic carbocycles. The molecule has 0 radical (unpaired) electrons. The summed E-state index contributed by atoms with van der Waals surface area (Å²) >= 11 is 19.0. The predicted molar refractivity (Wildman–Crippen MR) is 124 cm³/mol. The van der Waals surface area contributed by atoms with Gasteiger partial charge in [-0.3, -0.25) is 4.79 Å². The van der Waals surface area contributed by atoms with Crippen molar-refractivity contribution in [1.82, 2.24) is 15.6 Å². The second kappa shape index (κ2) is 12.0. The number of carbonyl (C=O) groups is 1. The minimum Gasteiger partial charge on any atom is -0.493 e. The van der Waals surface area contributed by atoms with Gasteiger partial charge >= 0.3 is 0 Å².